The van der Waals surface area contributed by atoms with Gasteiger partial charge in [0.2, 0.25) is 5.91 Å². The summed E-state index contributed by atoms with van der Waals surface area (Å²) in [6, 6.07) is 23.0. The van der Waals surface area contributed by atoms with Crippen molar-refractivity contribution in [2.45, 2.75) is 19.5 Å². The van der Waals surface area contributed by atoms with E-state index in [1.807, 2.05) is 48.5 Å². The molecule has 2 N–H and O–H groups in total. The van der Waals surface area contributed by atoms with Crippen LogP contribution in [-0.4, -0.2) is 25.0 Å². The first kappa shape index (κ1) is 22.7. The summed E-state index contributed by atoms with van der Waals surface area (Å²) >= 11 is 0. The lowest BCUT2D eigenvalue weighted by atomic mass is 10.0. The van der Waals surface area contributed by atoms with E-state index in [2.05, 4.69) is 15.6 Å². The molecule has 0 unspecified atom stereocenters. The lowest BCUT2D eigenvalue weighted by molar-refractivity contribution is -0.129. The van der Waals surface area contributed by atoms with E-state index < -0.39 is 18.4 Å². The van der Waals surface area contributed by atoms with Crippen LogP contribution in [0.3, 0.4) is 0 Å². The molecule has 3 aromatic rings. The number of nitrogens with one attached hydrogen (secondary N) is 2. The number of hydrazine groups is 1. The Morgan fingerprint density at radius 2 is 1.44 bits per heavy atom. The van der Waals surface area contributed by atoms with Gasteiger partial charge in [-0.25, -0.2) is 0 Å². The van der Waals surface area contributed by atoms with Crippen molar-refractivity contribution in [3.8, 4) is 11.5 Å². The van der Waals surface area contributed by atoms with E-state index in [9.17, 15) is 18.4 Å². The molecule has 0 atom stereocenters. The van der Waals surface area contributed by atoms with E-state index >= 15 is 0 Å². The third-order valence-electron chi connectivity index (χ3n) is 4.42. The fourth-order valence-electron chi connectivity index (χ4n) is 2.94. The normalized spacial score (nSPS) is 10.5. The quantitative estimate of drug-likeness (QED) is 0.498. The van der Waals surface area contributed by atoms with E-state index in [0.29, 0.717) is 17.7 Å². The number of hydrogen-bond acceptors (Lipinski definition) is 4. The Labute approximate surface area is 184 Å². The van der Waals surface area contributed by atoms with E-state index in [0.717, 1.165) is 11.1 Å². The summed E-state index contributed by atoms with van der Waals surface area (Å²) in [6.45, 7) is -3.18. The molecule has 166 valence electrons. The van der Waals surface area contributed by atoms with Crippen LogP contribution in [-0.2, 0) is 22.4 Å². The minimum Gasteiger partial charge on any atom is -0.483 e. The maximum absolute atomic E-state index is 12.2. The number of carbonyl (C=O) groups excluding carboxylic acids is 2. The van der Waals surface area contributed by atoms with Gasteiger partial charge in [-0.3, -0.25) is 20.4 Å². The highest BCUT2D eigenvalue weighted by Crippen LogP contribution is 2.21. The summed E-state index contributed by atoms with van der Waals surface area (Å²) in [5, 5.41) is 0. The molecule has 2 amide bonds. The molecule has 3 rings (SSSR count). The topological polar surface area (TPSA) is 76.7 Å². The summed E-state index contributed by atoms with van der Waals surface area (Å²) in [4.78, 5) is 24.0. The minimum atomic E-state index is -2.91. The number of carbonyl (C=O) groups is 2. The molecule has 0 radical (unpaired) electrons. The summed E-state index contributed by atoms with van der Waals surface area (Å²) in [5.74, 6) is -0.398. The molecule has 0 aliphatic rings. The molecule has 0 spiro atoms. The van der Waals surface area contributed by atoms with Crippen LogP contribution in [0, 0.1) is 0 Å². The van der Waals surface area contributed by atoms with Gasteiger partial charge in [0.05, 0.1) is 6.42 Å². The van der Waals surface area contributed by atoms with Crippen molar-refractivity contribution in [2.24, 2.45) is 0 Å². The third-order valence-corrected chi connectivity index (χ3v) is 4.42. The number of alkyl halides is 2. The van der Waals surface area contributed by atoms with Gasteiger partial charge in [-0.2, -0.15) is 8.78 Å². The van der Waals surface area contributed by atoms with Crippen molar-refractivity contribution >= 4 is 11.8 Å². The van der Waals surface area contributed by atoms with Crippen molar-refractivity contribution in [3.05, 3.63) is 95.6 Å². The first-order chi connectivity index (χ1) is 15.5. The SMILES string of the molecule is O=C(COc1ccccc1Cc1ccccc1)NNC(=O)Cc1ccc(OC(F)F)cc1. The molecule has 0 aliphatic carbocycles. The second kappa shape index (κ2) is 11.5. The summed E-state index contributed by atoms with van der Waals surface area (Å²) in [7, 11) is 0. The molecule has 0 aromatic heterocycles. The molecule has 32 heavy (non-hydrogen) atoms. The highest BCUT2D eigenvalue weighted by Gasteiger charge is 2.10. The maximum atomic E-state index is 12.2. The Hall–Kier alpha value is -3.94. The maximum Gasteiger partial charge on any atom is 0.387 e. The van der Waals surface area contributed by atoms with Crippen LogP contribution < -0.4 is 20.3 Å². The predicted molar refractivity (Wildman–Crippen MR) is 114 cm³/mol. The molecule has 8 heteroatoms. The first-order valence-electron chi connectivity index (χ1n) is 9.85. The number of halogens is 2. The summed E-state index contributed by atoms with van der Waals surface area (Å²) < 4.78 is 34.2. The Bertz CT molecular complexity index is 1030. The van der Waals surface area contributed by atoms with Crippen LogP contribution in [0.1, 0.15) is 16.7 Å². The zero-order valence-corrected chi connectivity index (χ0v) is 17.1. The molecule has 0 heterocycles. The van der Waals surface area contributed by atoms with Gasteiger partial charge in [0.15, 0.2) is 6.61 Å². The molecule has 0 saturated heterocycles. The van der Waals surface area contributed by atoms with Gasteiger partial charge in [-0.05, 0) is 34.9 Å². The molecule has 0 bridgehead atoms. The number of amides is 2. The number of ether oxygens (including phenoxy) is 2. The molecule has 0 fully saturated rings. The number of para-hydroxylation sites is 1. The van der Waals surface area contributed by atoms with Crippen LogP contribution in [0.25, 0.3) is 0 Å². The first-order valence-corrected chi connectivity index (χ1v) is 9.85. The van der Waals surface area contributed by atoms with Gasteiger partial charge in [0, 0.05) is 6.42 Å². The van der Waals surface area contributed by atoms with Crippen LogP contribution in [0.4, 0.5) is 8.78 Å². The predicted octanol–water partition coefficient (Wildman–Crippen LogP) is 3.65. The number of benzene rings is 3. The molecular formula is C24H22F2N2O4. The van der Waals surface area contributed by atoms with Crippen LogP contribution in [0.5, 0.6) is 11.5 Å². The summed E-state index contributed by atoms with van der Waals surface area (Å²) in [5.41, 5.74) is 7.22. The Morgan fingerprint density at radius 1 is 0.781 bits per heavy atom. The van der Waals surface area contributed by atoms with E-state index in [4.69, 9.17) is 4.74 Å². The van der Waals surface area contributed by atoms with Crippen LogP contribution >= 0.6 is 0 Å². The van der Waals surface area contributed by atoms with Gasteiger partial charge < -0.3 is 9.47 Å². The van der Waals surface area contributed by atoms with Gasteiger partial charge >= 0.3 is 6.61 Å². The zero-order chi connectivity index (χ0) is 22.8. The highest BCUT2D eigenvalue weighted by molar-refractivity contribution is 5.83. The second-order valence-electron chi connectivity index (χ2n) is 6.85. The smallest absolute Gasteiger partial charge is 0.387 e. The molecule has 3 aromatic carbocycles. The molecule has 6 nitrogen and oxygen atoms in total. The van der Waals surface area contributed by atoms with Crippen molar-refractivity contribution in [2.75, 3.05) is 6.61 Å². The van der Waals surface area contributed by atoms with Gasteiger partial charge in [0.25, 0.3) is 5.91 Å². The monoisotopic (exact) mass is 440 g/mol. The average molecular weight is 440 g/mol. The molecular weight excluding hydrogens is 418 g/mol. The fraction of sp³-hybridized carbons (Fsp3) is 0.167. The van der Waals surface area contributed by atoms with Crippen molar-refractivity contribution in [1.29, 1.82) is 0 Å². The average Bonchev–Trinajstić information content (AvgIpc) is 2.79. The van der Waals surface area contributed by atoms with Gasteiger partial charge in [-0.15, -0.1) is 0 Å². The van der Waals surface area contributed by atoms with Gasteiger partial charge in [0.1, 0.15) is 11.5 Å². The van der Waals surface area contributed by atoms with E-state index in [-0.39, 0.29) is 18.8 Å². The van der Waals surface area contributed by atoms with Gasteiger partial charge in [-0.1, -0.05) is 60.7 Å². The fourth-order valence-corrected chi connectivity index (χ4v) is 2.94. The van der Waals surface area contributed by atoms with Crippen LogP contribution in [0.15, 0.2) is 78.9 Å². The number of rotatable bonds is 9. The highest BCUT2D eigenvalue weighted by atomic mass is 19.3. The van der Waals surface area contributed by atoms with E-state index in [1.54, 1.807) is 6.07 Å². The summed E-state index contributed by atoms with van der Waals surface area (Å²) in [6.07, 6.45) is 0.618. The van der Waals surface area contributed by atoms with Crippen LogP contribution in [0.2, 0.25) is 0 Å². The standard InChI is InChI=1S/C24H22F2N2O4/c25-24(26)32-20-12-10-18(11-13-20)15-22(29)27-28-23(30)16-31-21-9-5-4-8-19(21)14-17-6-2-1-3-7-17/h1-13,24H,14-16H2,(H,27,29)(H,28,30). The Morgan fingerprint density at radius 3 is 2.16 bits per heavy atom. The zero-order valence-electron chi connectivity index (χ0n) is 17.1. The Balaban J connectivity index is 1.44. The van der Waals surface area contributed by atoms with E-state index in [1.165, 1.54) is 24.3 Å². The third kappa shape index (κ3) is 7.39. The van der Waals surface area contributed by atoms with Crippen molar-refractivity contribution < 1.29 is 27.8 Å². The lowest BCUT2D eigenvalue weighted by Gasteiger charge is -2.12. The number of hydrogen-bond donors (Lipinski definition) is 2. The Kier molecular flexibility index (Phi) is 8.14. The lowest BCUT2D eigenvalue weighted by Crippen LogP contribution is -2.44. The molecule has 0 aliphatic heterocycles. The van der Waals surface area contributed by atoms with Crippen molar-refractivity contribution in [3.63, 3.8) is 0 Å². The molecule has 0 saturated carbocycles. The largest absolute Gasteiger partial charge is 0.483 e. The minimum absolute atomic E-state index is 0.00200. The second-order valence-corrected chi connectivity index (χ2v) is 6.85. The van der Waals surface area contributed by atoms with Crippen molar-refractivity contribution in [1.82, 2.24) is 10.9 Å².